The molecular formula is C100H204N12O19S3. The zero-order valence-corrected chi connectivity index (χ0v) is 94.0. The summed E-state index contributed by atoms with van der Waals surface area (Å²) in [7, 11) is -2.76. The third kappa shape index (κ3) is 116. The molecule has 4 aliphatic heterocycles. The number of likely N-dealkylation sites (N-methyl/N-ethyl adjacent to an activating group) is 2. The van der Waals surface area contributed by atoms with E-state index in [-0.39, 0.29) is 65.0 Å². The van der Waals surface area contributed by atoms with E-state index in [2.05, 4.69) is 245 Å². The van der Waals surface area contributed by atoms with Gasteiger partial charge < -0.3 is 60.6 Å². The van der Waals surface area contributed by atoms with E-state index < -0.39 is 41.7 Å². The minimum atomic E-state index is -3.26. The van der Waals surface area contributed by atoms with Crippen molar-refractivity contribution in [2.24, 2.45) is 90.8 Å². The van der Waals surface area contributed by atoms with Crippen LogP contribution in [0, 0.1) is 54.1 Å². The van der Waals surface area contributed by atoms with Gasteiger partial charge in [-0.1, -0.05) is 250 Å². The van der Waals surface area contributed by atoms with E-state index in [4.69, 9.17) is 35.7 Å². The summed E-state index contributed by atoms with van der Waals surface area (Å²) < 4.78 is 74.1. The normalized spacial score (nSPS) is 15.0. The monoisotopic (exact) mass is 1970 g/mol. The van der Waals surface area contributed by atoms with Gasteiger partial charge in [0.1, 0.15) is 32.3 Å². The fourth-order valence-electron chi connectivity index (χ4n) is 12.2. The number of aliphatic hydroxyl groups is 2. The Hall–Kier alpha value is -5.04. The van der Waals surface area contributed by atoms with Crippen LogP contribution in [-0.2, 0) is 77.6 Å². The van der Waals surface area contributed by atoms with E-state index in [0.29, 0.717) is 133 Å². The van der Waals surface area contributed by atoms with Crippen LogP contribution in [0.25, 0.3) is 0 Å². The van der Waals surface area contributed by atoms with Crippen molar-refractivity contribution in [1.82, 2.24) is 25.3 Å². The van der Waals surface area contributed by atoms with Crippen molar-refractivity contribution in [3.05, 3.63) is 0 Å². The number of nitrogens with two attached hydrogens (primary N) is 2. The number of sulfonamides is 1. The standard InChI is InChI=1S/C16H34N2O3.C14H29NO4.C11H22N2O.C10H17NO2.C9H17N3.C9H15NO2.C9H20O2S.C8H17NO.C8H18O2S.C6H15NO2S/c1-16(2,3)9-7-6-8-14(18(4)5)15(20)17-10-12-21-13-11-19;1-14(2,3)7-5-4-6-12(13(17)18)15-8-10-19-11-9-16;1-11(2,3)9-10(14)13-7-5-12(4)6-8-13;1-10(2,3)6-4-5-8-7-9(12)13-11-8;1-9(2,3)6-4-5-8-7-10-12-11-8;1-9(2,3)5-4-7-6-8(11)12-10-7;1-9(2,3)7-5-6-8-12(4,10)11;1-8(2,3)6-4-5-7(9)10;1-8(2,3)6-5-7-11(4,9)10;1-6(2,3)4-5-10(7,8)9/h14,19H,6-13H2,1-5H3,(H,17,20);12,15-16H,4-11H2,1-3H3,(H,17,18);5-9H2,1-4H3;4-7H2,1-3H3;4-7H2,1-3H3;4-6H2,1-3H3;5-8H2,1-4H3;4-6H2,1-3H3,(H2,9,10);5-7H2,1-4H3;4-5H2,1-3H3,(H2,7,8,9). The summed E-state index contributed by atoms with van der Waals surface area (Å²) in [5.74, 6) is -0.329. The third-order valence-corrected chi connectivity index (χ3v) is 22.9. The molecule has 0 bridgehead atoms. The first-order valence-corrected chi connectivity index (χ1v) is 54.7. The van der Waals surface area contributed by atoms with E-state index in [1.165, 1.54) is 31.8 Å². The van der Waals surface area contributed by atoms with E-state index in [1.807, 2.05) is 44.7 Å². The summed E-state index contributed by atoms with van der Waals surface area (Å²) in [6.07, 6.45) is 28.4. The molecular weight excluding hydrogens is 1770 g/mol. The van der Waals surface area contributed by atoms with Crippen LogP contribution in [0.3, 0.4) is 0 Å². The Morgan fingerprint density at radius 2 is 0.843 bits per heavy atom. The first-order chi connectivity index (χ1) is 60.6. The Bertz CT molecular complexity index is 3630. The molecule has 9 N–H and O–H groups in total. The van der Waals surface area contributed by atoms with E-state index >= 15 is 0 Å². The molecule has 0 aromatic rings. The van der Waals surface area contributed by atoms with Crippen molar-refractivity contribution in [1.29, 1.82) is 0 Å². The molecule has 2 atom stereocenters. The van der Waals surface area contributed by atoms with Gasteiger partial charge in [0.25, 0.3) is 0 Å². The number of unbranched alkanes of at least 4 members (excludes halogenated alkanes) is 3. The number of carboxylic acid groups (broad SMARTS) is 1. The SMILES string of the molecule is CC(C)(C)CCC1=NOC(=O)C1.CC(C)(C)CCCC(N)=O.CC(C)(C)CCCC1=NN=NC1.CC(C)(C)CCCC1=NOC(=O)C1.CC(C)(C)CCCCC(NCCOCCO)C(=O)O.CC(C)(C)CCCCS(C)(=O)=O.CC(C)(C)CCCS(C)(=O)=O.CC(C)(C)CCS(N)(=O)=O.CN(C)C(CCCCC(C)(C)C)C(=O)NCCOCCO.CN1CCN(C(=O)CC(C)(C)C)CC1. The number of ether oxygens (including phenoxy) is 2. The summed E-state index contributed by atoms with van der Waals surface area (Å²) in [6, 6.07) is -0.583. The largest absolute Gasteiger partial charge is 0.480 e. The Morgan fingerprint density at radius 3 is 1.19 bits per heavy atom. The highest BCUT2D eigenvalue weighted by atomic mass is 32.2. The number of primary sulfonamides is 1. The van der Waals surface area contributed by atoms with Crippen molar-refractivity contribution in [2.75, 3.05) is 136 Å². The van der Waals surface area contributed by atoms with Gasteiger partial charge in [0.15, 0.2) is 0 Å². The van der Waals surface area contributed by atoms with Gasteiger partial charge in [-0.15, -0.1) is 5.10 Å². The van der Waals surface area contributed by atoms with Crippen molar-refractivity contribution in [3.63, 3.8) is 0 Å². The molecule has 0 aromatic heterocycles. The van der Waals surface area contributed by atoms with Gasteiger partial charge in [-0.25, -0.2) is 40.0 Å². The van der Waals surface area contributed by atoms with Crippen LogP contribution in [-0.4, -0.2) is 256 Å². The highest BCUT2D eigenvalue weighted by Gasteiger charge is 2.27. The van der Waals surface area contributed by atoms with Crippen LogP contribution in [0.15, 0.2) is 25.8 Å². The molecule has 0 aromatic carbocycles. The molecule has 1 saturated heterocycles. The predicted molar refractivity (Wildman–Crippen MR) is 554 cm³/mol. The molecule has 1 fully saturated rings. The molecule has 0 spiro atoms. The number of nitrogens with one attached hydrogen (secondary N) is 2. The number of aliphatic carboxylic acids is 1. The number of piperazine rings is 1. The van der Waals surface area contributed by atoms with E-state index in [9.17, 15) is 54.0 Å². The summed E-state index contributed by atoms with van der Waals surface area (Å²) in [4.78, 5) is 81.9. The highest BCUT2D eigenvalue weighted by Crippen LogP contribution is 2.29. The van der Waals surface area contributed by atoms with Crippen LogP contribution < -0.4 is 21.5 Å². The second-order valence-corrected chi connectivity index (χ2v) is 54.6. The number of carboxylic acids is 1. The maximum absolute atomic E-state index is 12.2. The average Bonchev–Trinajstić information content (AvgIpc) is 1.17. The molecule has 0 saturated carbocycles. The van der Waals surface area contributed by atoms with Gasteiger partial charge in [-0.2, -0.15) is 5.11 Å². The molecule has 0 radical (unpaired) electrons. The lowest BCUT2D eigenvalue weighted by Crippen LogP contribution is -2.47. The fourth-order valence-corrected chi connectivity index (χ4v) is 14.5. The molecule has 3 amide bonds. The molecule has 0 aliphatic carbocycles. The minimum absolute atomic E-state index is 0.00480. The minimum Gasteiger partial charge on any atom is -0.480 e. The highest BCUT2D eigenvalue weighted by molar-refractivity contribution is 7.91. The topological polar surface area (TPSA) is 450 Å². The van der Waals surface area contributed by atoms with Gasteiger partial charge in [-0.05, 0) is 203 Å². The molecule has 34 heteroatoms. The Labute approximate surface area is 818 Å². The Kier molecular flexibility index (Phi) is 74.4. The van der Waals surface area contributed by atoms with Gasteiger partial charge in [0.05, 0.1) is 81.4 Å². The Balaban J connectivity index is -0.000000343. The maximum Gasteiger partial charge on any atom is 0.340 e. The lowest BCUT2D eigenvalue weighted by molar-refractivity contribution is -0.140. The van der Waals surface area contributed by atoms with Crippen LogP contribution in [0.2, 0.25) is 0 Å². The number of hydrogen-bond donors (Lipinski definition) is 7. The third-order valence-electron chi connectivity index (χ3n) is 20.1. The van der Waals surface area contributed by atoms with Crippen LogP contribution >= 0.6 is 0 Å². The van der Waals surface area contributed by atoms with Gasteiger partial charge in [0.2, 0.25) is 27.7 Å². The molecule has 4 rings (SSSR count). The quantitative estimate of drug-likeness (QED) is 0.0220. The zero-order valence-electron chi connectivity index (χ0n) is 91.6. The van der Waals surface area contributed by atoms with Crippen molar-refractivity contribution in [2.45, 2.75) is 400 Å². The first-order valence-electron chi connectivity index (χ1n) is 48.9. The van der Waals surface area contributed by atoms with E-state index in [1.54, 1.807) is 0 Å². The number of primary amides is 1. The molecule has 4 heterocycles. The summed E-state index contributed by atoms with van der Waals surface area (Å²) in [5.41, 5.74) is 10.8. The molecule has 796 valence electrons. The second-order valence-electron chi connectivity index (χ2n) is 48.4. The molecule has 4 aliphatic rings. The number of nitrogens with zero attached hydrogens (tertiary/aromatic N) is 8. The van der Waals surface area contributed by atoms with Crippen LogP contribution in [0.4, 0.5) is 0 Å². The van der Waals surface area contributed by atoms with Gasteiger partial charge >= 0.3 is 17.9 Å². The number of carbonyl (C=O) groups excluding carboxylic acids is 5. The number of oxime groups is 2. The van der Waals surface area contributed by atoms with Crippen molar-refractivity contribution in [3.8, 4) is 0 Å². The van der Waals surface area contributed by atoms with E-state index in [0.717, 1.165) is 172 Å². The zero-order chi connectivity index (χ0) is 105. The number of carbonyl (C=O) groups is 6. The van der Waals surface area contributed by atoms with Crippen LogP contribution in [0.5, 0.6) is 0 Å². The van der Waals surface area contributed by atoms with Crippen molar-refractivity contribution < 1.29 is 88.5 Å². The predicted octanol–water partition coefficient (Wildman–Crippen LogP) is 18.6. The maximum atomic E-state index is 12.2. The van der Waals surface area contributed by atoms with Crippen molar-refractivity contribution >= 4 is 82.5 Å². The molecule has 2 unspecified atom stereocenters. The fraction of sp³-hybridized carbons (Fsp3) is 0.910. The number of sulfone groups is 2. The summed E-state index contributed by atoms with van der Waals surface area (Å²) in [5, 5.41) is 55.6. The first kappa shape index (κ1) is 140. The smallest absolute Gasteiger partial charge is 0.340 e. The number of aliphatic hydroxyl groups excluding tert-OH is 2. The number of amides is 3. The number of rotatable bonds is 43. The second kappa shape index (κ2) is 71.4. The lowest BCUT2D eigenvalue weighted by atomic mass is 9.89. The summed E-state index contributed by atoms with van der Waals surface area (Å²) in [6.45, 7) is 71.9. The molecule has 31 nitrogen and oxygen atoms in total. The summed E-state index contributed by atoms with van der Waals surface area (Å²) >= 11 is 0. The number of hydrogen-bond acceptors (Lipinski definition) is 26. The van der Waals surface area contributed by atoms with Gasteiger partial charge in [0, 0.05) is 76.1 Å². The molecule has 134 heavy (non-hydrogen) atoms. The average molecular weight is 1970 g/mol. The van der Waals surface area contributed by atoms with Crippen LogP contribution in [0.1, 0.15) is 387 Å². The van der Waals surface area contributed by atoms with Gasteiger partial charge in [-0.3, -0.25) is 24.1 Å². The lowest BCUT2D eigenvalue weighted by Gasteiger charge is -2.34. The Morgan fingerprint density at radius 1 is 0.470 bits per heavy atom.